The predicted molar refractivity (Wildman–Crippen MR) is 87.9 cm³/mol. The van der Waals surface area contributed by atoms with E-state index in [4.69, 9.17) is 14.0 Å². The van der Waals surface area contributed by atoms with E-state index in [0.29, 0.717) is 52.2 Å². The number of likely N-dealkylation sites (tertiary alicyclic amines) is 1. The highest BCUT2D eigenvalue weighted by atomic mass is 32.2. The van der Waals surface area contributed by atoms with Gasteiger partial charge in [0, 0.05) is 31.6 Å². The Kier molecular flexibility index (Phi) is 5.03. The van der Waals surface area contributed by atoms with Gasteiger partial charge >= 0.3 is 0 Å². The highest BCUT2D eigenvalue weighted by Gasteiger charge is 2.41. The van der Waals surface area contributed by atoms with E-state index in [-0.39, 0.29) is 23.0 Å². The van der Waals surface area contributed by atoms with Crippen LogP contribution in [0, 0.1) is 5.41 Å². The molecule has 0 aliphatic carbocycles. The van der Waals surface area contributed by atoms with Crippen molar-refractivity contribution < 1.29 is 27.2 Å². The van der Waals surface area contributed by atoms with Crippen molar-refractivity contribution in [3.05, 3.63) is 11.8 Å². The van der Waals surface area contributed by atoms with Crippen LogP contribution < -0.4 is 4.74 Å². The Balaban J connectivity index is 1.66. The van der Waals surface area contributed by atoms with Crippen LogP contribution in [-0.2, 0) is 14.8 Å². The molecule has 9 nitrogen and oxygen atoms in total. The highest BCUT2D eigenvalue weighted by molar-refractivity contribution is 7.88. The number of piperidine rings is 1. The van der Waals surface area contributed by atoms with Gasteiger partial charge in [0.05, 0.1) is 32.6 Å². The lowest BCUT2D eigenvalue weighted by atomic mass is 9.79. The smallest absolute Gasteiger partial charge is 0.292 e. The van der Waals surface area contributed by atoms with E-state index in [0.717, 1.165) is 0 Å². The number of aromatic nitrogens is 1. The van der Waals surface area contributed by atoms with Crippen LogP contribution in [0.3, 0.4) is 0 Å². The van der Waals surface area contributed by atoms with Crippen LogP contribution in [0.25, 0.3) is 0 Å². The first-order valence-electron chi connectivity index (χ1n) is 8.16. The summed E-state index contributed by atoms with van der Waals surface area (Å²) in [5, 5.41) is 3.65. The van der Waals surface area contributed by atoms with Crippen LogP contribution >= 0.6 is 0 Å². The molecule has 3 rings (SSSR count). The largest absolute Gasteiger partial charge is 0.479 e. The Morgan fingerprint density at radius 3 is 2.64 bits per heavy atom. The molecule has 0 N–H and O–H groups in total. The first-order chi connectivity index (χ1) is 11.8. The van der Waals surface area contributed by atoms with Crippen LogP contribution in [0.15, 0.2) is 10.6 Å². The standard InChI is InChI=1S/C15H23N3O6S/c1-22-13-9-12(24-16-13)14(19)17-5-3-15(4-6-17)10-18(25(2,20)21)7-8-23-11-15/h9H,3-8,10-11H2,1-2H3. The molecule has 2 aliphatic rings. The van der Waals surface area contributed by atoms with Gasteiger partial charge in [-0.1, -0.05) is 0 Å². The van der Waals surface area contributed by atoms with E-state index in [9.17, 15) is 13.2 Å². The zero-order chi connectivity index (χ0) is 18.1. The van der Waals surface area contributed by atoms with Crippen LogP contribution in [0.2, 0.25) is 0 Å². The number of sulfonamides is 1. The molecule has 0 saturated carbocycles. The van der Waals surface area contributed by atoms with Gasteiger partial charge in [0.1, 0.15) is 0 Å². The molecule has 0 bridgehead atoms. The first kappa shape index (κ1) is 18.2. The molecule has 140 valence electrons. The molecule has 1 spiro atoms. The van der Waals surface area contributed by atoms with Gasteiger partial charge in [0.15, 0.2) is 0 Å². The number of hydrogen-bond donors (Lipinski definition) is 0. The summed E-state index contributed by atoms with van der Waals surface area (Å²) in [6.07, 6.45) is 2.58. The van der Waals surface area contributed by atoms with Crippen molar-refractivity contribution in [1.82, 2.24) is 14.4 Å². The molecular weight excluding hydrogens is 350 g/mol. The number of rotatable bonds is 3. The Morgan fingerprint density at radius 1 is 1.32 bits per heavy atom. The Hall–Kier alpha value is -1.65. The van der Waals surface area contributed by atoms with Gasteiger partial charge in [-0.15, -0.1) is 0 Å². The van der Waals surface area contributed by atoms with Gasteiger partial charge in [0.25, 0.3) is 11.8 Å². The molecule has 1 aromatic heterocycles. The number of hydrogen-bond acceptors (Lipinski definition) is 7. The SMILES string of the molecule is COc1cc(C(=O)N2CCC3(CC2)COCCN(S(C)(=O)=O)C3)on1. The monoisotopic (exact) mass is 373 g/mol. The summed E-state index contributed by atoms with van der Waals surface area (Å²) in [7, 11) is -1.81. The van der Waals surface area contributed by atoms with E-state index in [1.165, 1.54) is 23.7 Å². The van der Waals surface area contributed by atoms with Crippen molar-refractivity contribution in [3.63, 3.8) is 0 Å². The normalized spacial score (nSPS) is 21.9. The molecule has 0 aromatic carbocycles. The molecular formula is C15H23N3O6S. The number of methoxy groups -OCH3 is 1. The molecule has 25 heavy (non-hydrogen) atoms. The lowest BCUT2D eigenvalue weighted by molar-refractivity contribution is 0.0165. The van der Waals surface area contributed by atoms with Gasteiger partial charge in [-0.2, -0.15) is 4.31 Å². The number of carbonyl (C=O) groups excluding carboxylic acids is 1. The van der Waals surface area contributed by atoms with Crippen molar-refractivity contribution in [2.75, 3.05) is 52.8 Å². The van der Waals surface area contributed by atoms with Gasteiger partial charge in [-0.05, 0) is 18.0 Å². The molecule has 0 atom stereocenters. The van der Waals surface area contributed by atoms with Crippen molar-refractivity contribution in [2.24, 2.45) is 5.41 Å². The van der Waals surface area contributed by atoms with E-state index >= 15 is 0 Å². The molecule has 0 unspecified atom stereocenters. The second kappa shape index (κ2) is 6.93. The topological polar surface area (TPSA) is 102 Å². The zero-order valence-corrected chi connectivity index (χ0v) is 15.3. The molecule has 2 saturated heterocycles. The van der Waals surface area contributed by atoms with Crippen LogP contribution in [-0.4, -0.2) is 81.4 Å². The number of ether oxygens (including phenoxy) is 2. The first-order valence-corrected chi connectivity index (χ1v) is 10.0. The van der Waals surface area contributed by atoms with Crippen molar-refractivity contribution in [2.45, 2.75) is 12.8 Å². The molecule has 1 amide bonds. The number of nitrogens with zero attached hydrogens (tertiary/aromatic N) is 3. The second-order valence-corrected chi connectivity index (χ2v) is 8.66. The molecule has 1 aromatic rings. The van der Waals surface area contributed by atoms with E-state index in [2.05, 4.69) is 5.16 Å². The quantitative estimate of drug-likeness (QED) is 0.745. The predicted octanol–water partition coefficient (Wildman–Crippen LogP) is 0.197. The zero-order valence-electron chi connectivity index (χ0n) is 14.4. The minimum atomic E-state index is -3.26. The van der Waals surface area contributed by atoms with Crippen LogP contribution in [0.5, 0.6) is 5.88 Å². The third kappa shape index (κ3) is 3.96. The fourth-order valence-electron chi connectivity index (χ4n) is 3.34. The summed E-state index contributed by atoms with van der Waals surface area (Å²) < 4.78 is 40.9. The Labute approximate surface area is 146 Å². The molecule has 0 radical (unpaired) electrons. The highest BCUT2D eigenvalue weighted by Crippen LogP contribution is 2.35. The maximum Gasteiger partial charge on any atom is 0.292 e. The average Bonchev–Trinajstić information content (AvgIpc) is 2.96. The molecule has 3 heterocycles. The van der Waals surface area contributed by atoms with Gasteiger partial charge in [-0.3, -0.25) is 4.79 Å². The summed E-state index contributed by atoms with van der Waals surface area (Å²) in [6.45, 7) is 2.75. The summed E-state index contributed by atoms with van der Waals surface area (Å²) in [4.78, 5) is 14.2. The van der Waals surface area contributed by atoms with E-state index in [1.54, 1.807) is 4.90 Å². The van der Waals surface area contributed by atoms with Crippen LogP contribution in [0.1, 0.15) is 23.4 Å². The van der Waals surface area contributed by atoms with Crippen molar-refractivity contribution in [3.8, 4) is 5.88 Å². The summed E-state index contributed by atoms with van der Waals surface area (Å²) in [6, 6.07) is 1.47. The van der Waals surface area contributed by atoms with Gasteiger partial charge < -0.3 is 18.9 Å². The lowest BCUT2D eigenvalue weighted by Crippen LogP contribution is -2.49. The lowest BCUT2D eigenvalue weighted by Gasteiger charge is -2.41. The van der Waals surface area contributed by atoms with Gasteiger partial charge in [0.2, 0.25) is 15.8 Å². The minimum Gasteiger partial charge on any atom is -0.479 e. The van der Waals surface area contributed by atoms with Crippen LogP contribution in [0.4, 0.5) is 0 Å². The summed E-state index contributed by atoms with van der Waals surface area (Å²) >= 11 is 0. The minimum absolute atomic E-state index is 0.141. The van der Waals surface area contributed by atoms with E-state index < -0.39 is 10.0 Å². The number of amides is 1. The average molecular weight is 373 g/mol. The summed E-state index contributed by atoms with van der Waals surface area (Å²) in [5.41, 5.74) is -0.254. The number of carbonyl (C=O) groups is 1. The van der Waals surface area contributed by atoms with Gasteiger partial charge in [-0.25, -0.2) is 8.42 Å². The fraction of sp³-hybridized carbons (Fsp3) is 0.733. The molecule has 10 heteroatoms. The summed E-state index contributed by atoms with van der Waals surface area (Å²) in [5.74, 6) is 0.167. The third-order valence-electron chi connectivity index (χ3n) is 4.89. The molecule has 2 fully saturated rings. The Bertz CT molecular complexity index is 723. The fourth-order valence-corrected chi connectivity index (χ4v) is 4.25. The Morgan fingerprint density at radius 2 is 2.04 bits per heavy atom. The maximum absolute atomic E-state index is 12.5. The second-order valence-electron chi connectivity index (χ2n) is 6.67. The van der Waals surface area contributed by atoms with E-state index in [1.807, 2.05) is 0 Å². The maximum atomic E-state index is 12.5. The van der Waals surface area contributed by atoms with Crippen molar-refractivity contribution in [1.29, 1.82) is 0 Å². The van der Waals surface area contributed by atoms with Crippen molar-refractivity contribution >= 4 is 15.9 Å². The third-order valence-corrected chi connectivity index (χ3v) is 6.14. The molecule has 2 aliphatic heterocycles.